The second-order valence-electron chi connectivity index (χ2n) is 4.08. The molecule has 0 aromatic heterocycles. The van der Waals surface area contributed by atoms with Gasteiger partial charge in [-0.2, -0.15) is 0 Å². The van der Waals surface area contributed by atoms with E-state index in [0.717, 1.165) is 11.8 Å². The highest BCUT2D eigenvalue weighted by Crippen LogP contribution is 2.49. The van der Waals surface area contributed by atoms with Gasteiger partial charge < -0.3 is 5.11 Å². The van der Waals surface area contributed by atoms with Crippen LogP contribution in [0.2, 0.25) is 0 Å². The van der Waals surface area contributed by atoms with Crippen molar-refractivity contribution < 1.29 is 5.11 Å². The van der Waals surface area contributed by atoms with E-state index in [1.54, 1.807) is 0 Å². The predicted octanol–water partition coefficient (Wildman–Crippen LogP) is 1.80. The number of hydrogen-bond donors (Lipinski definition) is 1. The van der Waals surface area contributed by atoms with Gasteiger partial charge in [-0.05, 0) is 43.9 Å². The van der Waals surface area contributed by atoms with E-state index in [4.69, 9.17) is 0 Å². The van der Waals surface area contributed by atoms with Gasteiger partial charge in [0.15, 0.2) is 0 Å². The molecule has 0 radical (unpaired) electrons. The van der Waals surface area contributed by atoms with Gasteiger partial charge in [-0.1, -0.05) is 6.42 Å². The van der Waals surface area contributed by atoms with Crippen molar-refractivity contribution in [1.29, 1.82) is 0 Å². The van der Waals surface area contributed by atoms with Crippen LogP contribution in [0, 0.1) is 17.8 Å². The average molecular weight is 140 g/mol. The Morgan fingerprint density at radius 3 is 2.40 bits per heavy atom. The van der Waals surface area contributed by atoms with E-state index in [1.165, 1.54) is 25.7 Å². The second kappa shape index (κ2) is 2.23. The molecule has 1 nitrogen and oxygen atoms in total. The molecular formula is C9H16O. The van der Waals surface area contributed by atoms with E-state index in [2.05, 4.69) is 0 Å². The molecule has 2 fully saturated rings. The van der Waals surface area contributed by atoms with E-state index >= 15 is 0 Å². The fourth-order valence-corrected chi connectivity index (χ4v) is 2.88. The molecule has 2 saturated carbocycles. The first-order chi connectivity index (χ1) is 4.77. The van der Waals surface area contributed by atoms with Crippen molar-refractivity contribution in [3.05, 3.63) is 0 Å². The van der Waals surface area contributed by atoms with Crippen LogP contribution in [0.3, 0.4) is 0 Å². The molecule has 0 unspecified atom stereocenters. The summed E-state index contributed by atoms with van der Waals surface area (Å²) in [4.78, 5) is 0. The van der Waals surface area contributed by atoms with Gasteiger partial charge in [-0.3, -0.25) is 0 Å². The van der Waals surface area contributed by atoms with Crippen molar-refractivity contribution >= 4 is 0 Å². The van der Waals surface area contributed by atoms with Crippen molar-refractivity contribution in [2.75, 3.05) is 0 Å². The van der Waals surface area contributed by atoms with Crippen LogP contribution < -0.4 is 0 Å². The summed E-state index contributed by atoms with van der Waals surface area (Å²) < 4.78 is 0. The van der Waals surface area contributed by atoms with Crippen LogP contribution in [0.25, 0.3) is 0 Å². The predicted molar refractivity (Wildman–Crippen MR) is 40.6 cm³/mol. The summed E-state index contributed by atoms with van der Waals surface area (Å²) in [5, 5.41) is 9.37. The van der Waals surface area contributed by atoms with E-state index in [0.29, 0.717) is 5.92 Å². The normalized spacial score (nSPS) is 48.0. The van der Waals surface area contributed by atoms with Crippen LogP contribution >= 0.6 is 0 Å². The summed E-state index contributed by atoms with van der Waals surface area (Å²) >= 11 is 0. The summed E-state index contributed by atoms with van der Waals surface area (Å²) in [5.74, 6) is 2.51. The molecular weight excluding hydrogens is 124 g/mol. The van der Waals surface area contributed by atoms with Gasteiger partial charge in [-0.25, -0.2) is 0 Å². The van der Waals surface area contributed by atoms with Crippen molar-refractivity contribution in [2.45, 2.75) is 38.7 Å². The minimum Gasteiger partial charge on any atom is -0.393 e. The molecule has 2 bridgehead atoms. The van der Waals surface area contributed by atoms with Gasteiger partial charge in [0.1, 0.15) is 0 Å². The van der Waals surface area contributed by atoms with Gasteiger partial charge in [0.05, 0.1) is 6.10 Å². The highest BCUT2D eigenvalue weighted by Gasteiger charge is 2.41. The summed E-state index contributed by atoms with van der Waals surface area (Å²) in [7, 11) is 0. The van der Waals surface area contributed by atoms with Crippen molar-refractivity contribution in [1.82, 2.24) is 0 Å². The Morgan fingerprint density at radius 1 is 1.30 bits per heavy atom. The maximum atomic E-state index is 9.37. The Hall–Kier alpha value is -0.0400. The SMILES string of the molecule is C[C@@H](O)[C@H]1C[C@H]2CC[C@H]1C2. The minimum absolute atomic E-state index is 0.0460. The fraction of sp³-hybridized carbons (Fsp3) is 1.00. The van der Waals surface area contributed by atoms with Gasteiger partial charge >= 0.3 is 0 Å². The van der Waals surface area contributed by atoms with Gasteiger partial charge in [-0.15, -0.1) is 0 Å². The van der Waals surface area contributed by atoms with Crippen LogP contribution in [-0.2, 0) is 0 Å². The summed E-state index contributed by atoms with van der Waals surface area (Å²) in [5.41, 5.74) is 0. The molecule has 0 spiro atoms. The van der Waals surface area contributed by atoms with E-state index in [-0.39, 0.29) is 6.10 Å². The molecule has 58 valence electrons. The number of hydrogen-bond acceptors (Lipinski definition) is 1. The first-order valence-corrected chi connectivity index (χ1v) is 4.45. The van der Waals surface area contributed by atoms with Crippen LogP contribution in [-0.4, -0.2) is 11.2 Å². The third-order valence-corrected chi connectivity index (χ3v) is 3.41. The number of aliphatic hydroxyl groups excluding tert-OH is 1. The number of rotatable bonds is 1. The number of aliphatic hydroxyl groups is 1. The number of fused-ring (bicyclic) bond motifs is 2. The van der Waals surface area contributed by atoms with Crippen LogP contribution in [0.15, 0.2) is 0 Å². The molecule has 1 heteroatoms. The monoisotopic (exact) mass is 140 g/mol. The Bertz CT molecular complexity index is 131. The second-order valence-corrected chi connectivity index (χ2v) is 4.08. The Balaban J connectivity index is 2.02. The lowest BCUT2D eigenvalue weighted by atomic mass is 9.85. The molecule has 10 heavy (non-hydrogen) atoms. The van der Waals surface area contributed by atoms with E-state index in [1.807, 2.05) is 6.92 Å². The van der Waals surface area contributed by atoms with Gasteiger partial charge in [0.2, 0.25) is 0 Å². The van der Waals surface area contributed by atoms with E-state index < -0.39 is 0 Å². The van der Waals surface area contributed by atoms with Crippen LogP contribution in [0.5, 0.6) is 0 Å². The topological polar surface area (TPSA) is 20.2 Å². The average Bonchev–Trinajstić information content (AvgIpc) is 2.44. The Kier molecular flexibility index (Phi) is 1.48. The van der Waals surface area contributed by atoms with Crippen LogP contribution in [0.4, 0.5) is 0 Å². The van der Waals surface area contributed by atoms with Crippen molar-refractivity contribution in [3.63, 3.8) is 0 Å². The molecule has 0 aromatic carbocycles. The molecule has 0 heterocycles. The first-order valence-electron chi connectivity index (χ1n) is 4.45. The highest BCUT2D eigenvalue weighted by atomic mass is 16.3. The zero-order valence-electron chi connectivity index (χ0n) is 6.59. The van der Waals surface area contributed by atoms with Crippen molar-refractivity contribution in [2.24, 2.45) is 17.8 Å². The van der Waals surface area contributed by atoms with Crippen LogP contribution in [0.1, 0.15) is 32.6 Å². The van der Waals surface area contributed by atoms with E-state index in [9.17, 15) is 5.11 Å². The molecule has 4 atom stereocenters. The summed E-state index contributed by atoms with van der Waals surface area (Å²) in [6.45, 7) is 1.95. The molecule has 2 rings (SSSR count). The Labute approximate surface area is 62.4 Å². The minimum atomic E-state index is -0.0460. The van der Waals surface area contributed by atoms with Gasteiger partial charge in [0, 0.05) is 0 Å². The third kappa shape index (κ3) is 0.878. The molecule has 1 N–H and O–H groups in total. The quantitative estimate of drug-likeness (QED) is 0.589. The molecule has 0 aliphatic heterocycles. The highest BCUT2D eigenvalue weighted by molar-refractivity contribution is 4.91. The zero-order valence-corrected chi connectivity index (χ0v) is 6.59. The van der Waals surface area contributed by atoms with Gasteiger partial charge in [0.25, 0.3) is 0 Å². The lowest BCUT2D eigenvalue weighted by Crippen LogP contribution is -2.22. The third-order valence-electron chi connectivity index (χ3n) is 3.41. The van der Waals surface area contributed by atoms with Crippen molar-refractivity contribution in [3.8, 4) is 0 Å². The molecule has 0 aromatic rings. The largest absolute Gasteiger partial charge is 0.393 e. The molecule has 0 amide bonds. The molecule has 2 aliphatic carbocycles. The summed E-state index contributed by atoms with van der Waals surface area (Å²) in [6, 6.07) is 0. The maximum absolute atomic E-state index is 9.37. The lowest BCUT2D eigenvalue weighted by molar-refractivity contribution is 0.0905. The molecule has 0 saturated heterocycles. The molecule has 2 aliphatic rings. The Morgan fingerprint density at radius 2 is 2.10 bits per heavy atom. The smallest absolute Gasteiger partial charge is 0.0543 e. The zero-order chi connectivity index (χ0) is 7.14. The summed E-state index contributed by atoms with van der Waals surface area (Å²) in [6.07, 6.45) is 5.50. The maximum Gasteiger partial charge on any atom is 0.0543 e. The fourth-order valence-electron chi connectivity index (χ4n) is 2.88. The first kappa shape index (κ1) is 6.66. The lowest BCUT2D eigenvalue weighted by Gasteiger charge is -2.23. The standard InChI is InChI=1S/C9H16O/c1-6(10)9-5-7-2-3-8(9)4-7/h6-10H,2-5H2,1H3/t6-,7+,8+,9-/m1/s1.